The Bertz CT molecular complexity index is 634. The van der Waals surface area contributed by atoms with Crippen molar-refractivity contribution in [1.82, 2.24) is 10.2 Å². The number of ether oxygens (including phenoxy) is 1. The second-order valence-corrected chi connectivity index (χ2v) is 4.80. The Morgan fingerprint density at radius 2 is 2.11 bits per heavy atom. The van der Waals surface area contributed by atoms with Crippen LogP contribution in [-0.2, 0) is 0 Å². The van der Waals surface area contributed by atoms with Gasteiger partial charge in [0.25, 0.3) is 0 Å². The van der Waals surface area contributed by atoms with Crippen LogP contribution in [0.25, 0.3) is 0 Å². The number of hydrogen-bond donors (Lipinski definition) is 0. The molecule has 0 radical (unpaired) electrons. The number of rotatable bonds is 3. The van der Waals surface area contributed by atoms with E-state index < -0.39 is 11.6 Å². The first-order valence-electron chi connectivity index (χ1n) is 5.10. The SMILES string of the molecule is COc1ccc(C(=O)c2cc(Br)c(F)cc2Cl)nn1. The third kappa shape index (κ3) is 2.90. The van der Waals surface area contributed by atoms with Crippen LogP contribution in [0.2, 0.25) is 5.02 Å². The van der Waals surface area contributed by atoms with Gasteiger partial charge in [0.1, 0.15) is 11.5 Å². The Hall–Kier alpha value is -1.53. The second kappa shape index (κ2) is 5.63. The first-order valence-corrected chi connectivity index (χ1v) is 6.27. The zero-order valence-corrected chi connectivity index (χ0v) is 12.0. The number of benzene rings is 1. The summed E-state index contributed by atoms with van der Waals surface area (Å²) in [7, 11) is 1.44. The van der Waals surface area contributed by atoms with Crippen LogP contribution in [0.15, 0.2) is 28.7 Å². The van der Waals surface area contributed by atoms with Gasteiger partial charge in [0, 0.05) is 11.6 Å². The quantitative estimate of drug-likeness (QED) is 0.633. The van der Waals surface area contributed by atoms with Crippen molar-refractivity contribution in [2.45, 2.75) is 0 Å². The summed E-state index contributed by atoms with van der Waals surface area (Å²) >= 11 is 8.85. The largest absolute Gasteiger partial charge is 0.480 e. The van der Waals surface area contributed by atoms with Gasteiger partial charge in [-0.05, 0) is 34.1 Å². The molecular formula is C12H7BrClFN2O2. The van der Waals surface area contributed by atoms with Gasteiger partial charge in [-0.1, -0.05) is 11.6 Å². The molecule has 0 amide bonds. The Kier molecular flexibility index (Phi) is 4.11. The number of methoxy groups -OCH3 is 1. The molecule has 0 atom stereocenters. The predicted molar refractivity (Wildman–Crippen MR) is 71.1 cm³/mol. The Balaban J connectivity index is 2.40. The smallest absolute Gasteiger partial charge is 0.233 e. The monoisotopic (exact) mass is 344 g/mol. The third-order valence-electron chi connectivity index (χ3n) is 2.34. The van der Waals surface area contributed by atoms with E-state index in [0.29, 0.717) is 5.88 Å². The second-order valence-electron chi connectivity index (χ2n) is 3.54. The molecule has 1 aromatic heterocycles. The number of aromatic nitrogens is 2. The zero-order valence-electron chi connectivity index (χ0n) is 9.65. The minimum atomic E-state index is -0.539. The summed E-state index contributed by atoms with van der Waals surface area (Å²) in [5.74, 6) is -0.689. The summed E-state index contributed by atoms with van der Waals surface area (Å²) in [6, 6.07) is 5.34. The van der Waals surface area contributed by atoms with Crippen LogP contribution in [0.1, 0.15) is 16.1 Å². The van der Waals surface area contributed by atoms with Gasteiger partial charge in [-0.25, -0.2) is 4.39 Å². The van der Waals surface area contributed by atoms with Gasteiger partial charge >= 0.3 is 0 Å². The van der Waals surface area contributed by atoms with E-state index in [0.717, 1.165) is 6.07 Å². The molecule has 0 saturated carbocycles. The van der Waals surface area contributed by atoms with Gasteiger partial charge in [-0.2, -0.15) is 0 Å². The van der Waals surface area contributed by atoms with E-state index in [1.54, 1.807) is 0 Å². The van der Waals surface area contributed by atoms with Gasteiger partial charge in [0.05, 0.1) is 16.6 Å². The predicted octanol–water partition coefficient (Wildman–Crippen LogP) is 3.27. The van der Waals surface area contributed by atoms with Crippen molar-refractivity contribution >= 4 is 33.3 Å². The van der Waals surface area contributed by atoms with Crippen molar-refractivity contribution in [1.29, 1.82) is 0 Å². The lowest BCUT2D eigenvalue weighted by Gasteiger charge is -2.05. The zero-order chi connectivity index (χ0) is 14.0. The van der Waals surface area contributed by atoms with Gasteiger partial charge in [0.15, 0.2) is 0 Å². The van der Waals surface area contributed by atoms with Gasteiger partial charge in [-0.3, -0.25) is 4.79 Å². The molecule has 0 unspecified atom stereocenters. The van der Waals surface area contributed by atoms with Gasteiger partial charge in [-0.15, -0.1) is 10.2 Å². The van der Waals surface area contributed by atoms with Crippen LogP contribution in [-0.4, -0.2) is 23.1 Å². The highest BCUT2D eigenvalue weighted by molar-refractivity contribution is 9.10. The molecule has 4 nitrogen and oxygen atoms in total. The Morgan fingerprint density at radius 1 is 1.37 bits per heavy atom. The molecule has 0 saturated heterocycles. The lowest BCUT2D eigenvalue weighted by molar-refractivity contribution is 0.103. The lowest BCUT2D eigenvalue weighted by Crippen LogP contribution is -2.07. The average Bonchev–Trinajstić information content (AvgIpc) is 2.42. The highest BCUT2D eigenvalue weighted by Gasteiger charge is 2.17. The van der Waals surface area contributed by atoms with Gasteiger partial charge in [0.2, 0.25) is 11.7 Å². The van der Waals surface area contributed by atoms with E-state index in [1.807, 2.05) is 0 Å². The Labute approximate surface area is 121 Å². The molecule has 1 aromatic carbocycles. The summed E-state index contributed by atoms with van der Waals surface area (Å²) < 4.78 is 18.2. The summed E-state index contributed by atoms with van der Waals surface area (Å²) in [5.41, 5.74) is 0.246. The standard InChI is InChI=1S/C12H7BrClFN2O2/c1-19-11-3-2-10(16-17-11)12(18)6-4-7(13)9(15)5-8(6)14/h2-5H,1H3. The number of nitrogens with zero attached hydrogens (tertiary/aromatic N) is 2. The first-order chi connectivity index (χ1) is 9.02. The maximum absolute atomic E-state index is 13.2. The fourth-order valence-electron chi connectivity index (χ4n) is 1.38. The maximum Gasteiger partial charge on any atom is 0.233 e. The van der Waals surface area contributed by atoms with E-state index in [2.05, 4.69) is 26.1 Å². The highest BCUT2D eigenvalue weighted by atomic mass is 79.9. The molecule has 98 valence electrons. The molecule has 1 heterocycles. The number of carbonyl (C=O) groups is 1. The number of ketones is 1. The summed E-state index contributed by atoms with van der Waals surface area (Å²) in [6.45, 7) is 0. The lowest BCUT2D eigenvalue weighted by atomic mass is 10.1. The van der Waals surface area contributed by atoms with Crippen LogP contribution < -0.4 is 4.74 Å². The molecule has 2 aromatic rings. The minimum absolute atomic E-state index is 0.0170. The van der Waals surface area contributed by atoms with Crippen molar-refractivity contribution in [3.8, 4) is 5.88 Å². The summed E-state index contributed by atoms with van der Waals surface area (Å²) in [5, 5.41) is 7.44. The fourth-order valence-corrected chi connectivity index (χ4v) is 1.96. The summed E-state index contributed by atoms with van der Waals surface area (Å²) in [6.07, 6.45) is 0. The van der Waals surface area contributed by atoms with E-state index >= 15 is 0 Å². The Morgan fingerprint density at radius 3 is 2.68 bits per heavy atom. The fraction of sp³-hybridized carbons (Fsp3) is 0.0833. The van der Waals surface area contributed by atoms with E-state index in [1.165, 1.54) is 25.3 Å². The van der Waals surface area contributed by atoms with Crippen molar-refractivity contribution in [2.24, 2.45) is 0 Å². The molecular weight excluding hydrogens is 338 g/mol. The molecule has 7 heteroatoms. The van der Waals surface area contributed by atoms with Crippen LogP contribution in [0, 0.1) is 5.82 Å². The topological polar surface area (TPSA) is 52.1 Å². The van der Waals surface area contributed by atoms with Crippen molar-refractivity contribution in [3.63, 3.8) is 0 Å². The number of hydrogen-bond acceptors (Lipinski definition) is 4. The summed E-state index contributed by atoms with van der Waals surface area (Å²) in [4.78, 5) is 12.2. The van der Waals surface area contributed by atoms with Crippen molar-refractivity contribution < 1.29 is 13.9 Å². The van der Waals surface area contributed by atoms with E-state index in [-0.39, 0.29) is 20.8 Å². The molecule has 0 bridgehead atoms. The van der Waals surface area contributed by atoms with Crippen LogP contribution in [0.3, 0.4) is 0 Å². The molecule has 0 fully saturated rings. The van der Waals surface area contributed by atoms with Crippen molar-refractivity contribution in [3.05, 3.63) is 50.8 Å². The molecule has 0 aliphatic rings. The van der Waals surface area contributed by atoms with Crippen LogP contribution in [0.5, 0.6) is 5.88 Å². The van der Waals surface area contributed by atoms with Crippen LogP contribution in [0.4, 0.5) is 4.39 Å². The molecule has 0 aliphatic heterocycles. The number of halogens is 3. The normalized spacial score (nSPS) is 10.3. The molecule has 0 aliphatic carbocycles. The van der Waals surface area contributed by atoms with Gasteiger partial charge < -0.3 is 4.74 Å². The maximum atomic E-state index is 13.2. The first kappa shape index (κ1) is 13.9. The third-order valence-corrected chi connectivity index (χ3v) is 3.26. The molecule has 0 N–H and O–H groups in total. The number of carbonyl (C=O) groups excluding carboxylic acids is 1. The highest BCUT2D eigenvalue weighted by Crippen LogP contribution is 2.26. The van der Waals surface area contributed by atoms with E-state index in [4.69, 9.17) is 16.3 Å². The molecule has 0 spiro atoms. The molecule has 19 heavy (non-hydrogen) atoms. The van der Waals surface area contributed by atoms with E-state index in [9.17, 15) is 9.18 Å². The average molecular weight is 346 g/mol. The molecule has 2 rings (SSSR count). The minimum Gasteiger partial charge on any atom is -0.480 e. The van der Waals surface area contributed by atoms with Crippen molar-refractivity contribution in [2.75, 3.05) is 7.11 Å². The van der Waals surface area contributed by atoms with Crippen LogP contribution >= 0.6 is 27.5 Å².